The summed E-state index contributed by atoms with van der Waals surface area (Å²) >= 11 is 0. The number of aromatic nitrogens is 4. The maximum absolute atomic E-state index is 13.1. The molecule has 0 atom stereocenters. The molecule has 3 rings (SSSR count). The maximum atomic E-state index is 13.1. The monoisotopic (exact) mass is 481 g/mol. The lowest BCUT2D eigenvalue weighted by Crippen LogP contribution is -2.32. The van der Waals surface area contributed by atoms with Crippen LogP contribution in [0.15, 0.2) is 29.4 Å². The van der Waals surface area contributed by atoms with Gasteiger partial charge in [-0.2, -0.15) is 18.4 Å². The van der Waals surface area contributed by atoms with Crippen molar-refractivity contribution in [1.82, 2.24) is 19.5 Å². The molecule has 0 bridgehead atoms. The molecule has 0 radical (unpaired) electrons. The van der Waals surface area contributed by atoms with Crippen LogP contribution in [0, 0.1) is 11.3 Å². The molecule has 176 valence electrons. The number of fused-ring (bicyclic) bond motifs is 1. The highest BCUT2D eigenvalue weighted by molar-refractivity contribution is 7.91. The zero-order valence-electron chi connectivity index (χ0n) is 18.4. The van der Waals surface area contributed by atoms with E-state index in [2.05, 4.69) is 21.0 Å². The lowest BCUT2D eigenvalue weighted by Gasteiger charge is -2.25. The number of nitriles is 1. The second-order valence-electron chi connectivity index (χ2n) is 7.39. The fraction of sp³-hybridized carbons (Fsp3) is 0.429. The van der Waals surface area contributed by atoms with E-state index in [9.17, 15) is 26.9 Å². The molecule has 0 aromatic carbocycles. The number of hydrogen-bond donors (Lipinski definition) is 0. The van der Waals surface area contributed by atoms with E-state index >= 15 is 0 Å². The van der Waals surface area contributed by atoms with Gasteiger partial charge in [0.25, 0.3) is 0 Å². The minimum Gasteiger partial charge on any atom is -0.471 e. The van der Waals surface area contributed by atoms with Crippen LogP contribution in [-0.4, -0.2) is 39.3 Å². The van der Waals surface area contributed by atoms with E-state index in [1.54, 1.807) is 13.8 Å². The van der Waals surface area contributed by atoms with Gasteiger partial charge in [-0.15, -0.1) is 0 Å². The normalized spacial score (nSPS) is 12.7. The van der Waals surface area contributed by atoms with Crippen molar-refractivity contribution in [2.24, 2.45) is 7.05 Å². The number of ether oxygens (including phenoxy) is 1. The van der Waals surface area contributed by atoms with Crippen molar-refractivity contribution in [2.75, 3.05) is 5.75 Å². The van der Waals surface area contributed by atoms with Gasteiger partial charge in [0.05, 0.1) is 29.2 Å². The topological polar surface area (TPSA) is 111 Å². The first kappa shape index (κ1) is 24.4. The Kier molecular flexibility index (Phi) is 6.39. The highest BCUT2D eigenvalue weighted by atomic mass is 32.2. The Labute approximate surface area is 189 Å². The minimum absolute atomic E-state index is 0.00254. The SMILES string of the molecule is CCC(C#N)(CC)Oc1cnc(-c2nc3cc(C(F)(F)F)ncc3n2C)c(S(=O)(=O)CC)c1. The summed E-state index contributed by atoms with van der Waals surface area (Å²) in [6.07, 6.45) is -1.59. The standard InChI is InChI=1S/C21H22F3N5O3S/c1-5-20(6-2,12-25)32-13-8-16(33(30,31)7-3)18(27-10-13)19-28-14-9-17(21(22,23)24)26-11-15(14)29(19)4/h8-11H,5-7H2,1-4H3. The van der Waals surface area contributed by atoms with Crippen LogP contribution in [0.3, 0.4) is 0 Å². The van der Waals surface area contributed by atoms with Gasteiger partial charge in [-0.25, -0.2) is 23.4 Å². The summed E-state index contributed by atoms with van der Waals surface area (Å²) < 4.78 is 72.2. The number of pyridine rings is 2. The van der Waals surface area contributed by atoms with Gasteiger partial charge >= 0.3 is 6.18 Å². The number of sulfone groups is 1. The van der Waals surface area contributed by atoms with Crippen LogP contribution in [0.5, 0.6) is 5.75 Å². The number of rotatable bonds is 7. The molecule has 0 fully saturated rings. The molecule has 0 aliphatic rings. The molecule has 0 N–H and O–H groups in total. The molecule has 0 aliphatic carbocycles. The summed E-state index contributed by atoms with van der Waals surface area (Å²) in [5, 5.41) is 9.53. The molecule has 3 aromatic rings. The Morgan fingerprint density at radius 1 is 1.12 bits per heavy atom. The highest BCUT2D eigenvalue weighted by Gasteiger charge is 2.34. The molecule has 0 saturated carbocycles. The molecule has 33 heavy (non-hydrogen) atoms. The van der Waals surface area contributed by atoms with Crippen molar-refractivity contribution in [3.05, 3.63) is 30.2 Å². The van der Waals surface area contributed by atoms with Crippen molar-refractivity contribution < 1.29 is 26.3 Å². The van der Waals surface area contributed by atoms with Gasteiger partial charge < -0.3 is 9.30 Å². The van der Waals surface area contributed by atoms with Crippen LogP contribution in [-0.2, 0) is 23.1 Å². The molecule has 12 heteroatoms. The van der Waals surface area contributed by atoms with Gasteiger partial charge in [-0.05, 0) is 18.9 Å². The van der Waals surface area contributed by atoms with E-state index in [1.165, 1.54) is 30.8 Å². The Hall–Kier alpha value is -3.20. The van der Waals surface area contributed by atoms with Crippen molar-refractivity contribution in [3.63, 3.8) is 0 Å². The van der Waals surface area contributed by atoms with Crippen molar-refractivity contribution in [1.29, 1.82) is 5.26 Å². The van der Waals surface area contributed by atoms with Gasteiger partial charge in [0.1, 0.15) is 28.1 Å². The number of imidazole rings is 1. The zero-order valence-corrected chi connectivity index (χ0v) is 19.3. The van der Waals surface area contributed by atoms with E-state index in [-0.39, 0.29) is 38.9 Å². The first-order valence-electron chi connectivity index (χ1n) is 10.1. The van der Waals surface area contributed by atoms with E-state index in [0.717, 1.165) is 12.3 Å². The molecule has 0 amide bonds. The summed E-state index contributed by atoms with van der Waals surface area (Å²) in [5.41, 5.74) is -2.01. The van der Waals surface area contributed by atoms with Crippen molar-refractivity contribution in [2.45, 2.75) is 50.3 Å². The number of nitrogens with zero attached hydrogens (tertiary/aromatic N) is 5. The summed E-state index contributed by atoms with van der Waals surface area (Å²) in [6, 6.07) is 4.19. The molecule has 0 aliphatic heterocycles. The fourth-order valence-corrected chi connectivity index (χ4v) is 4.34. The van der Waals surface area contributed by atoms with Crippen molar-refractivity contribution >= 4 is 20.9 Å². The van der Waals surface area contributed by atoms with Gasteiger partial charge in [0.2, 0.25) is 0 Å². The first-order chi connectivity index (χ1) is 15.4. The van der Waals surface area contributed by atoms with Crippen LogP contribution in [0.2, 0.25) is 0 Å². The lowest BCUT2D eigenvalue weighted by molar-refractivity contribution is -0.141. The molecular weight excluding hydrogens is 459 g/mol. The lowest BCUT2D eigenvalue weighted by atomic mass is 9.99. The van der Waals surface area contributed by atoms with Crippen LogP contribution in [0.4, 0.5) is 13.2 Å². The number of halogens is 3. The van der Waals surface area contributed by atoms with Gasteiger partial charge in [0, 0.05) is 13.1 Å². The molecule has 0 spiro atoms. The summed E-state index contributed by atoms with van der Waals surface area (Å²) in [7, 11) is -2.30. The molecule has 0 saturated heterocycles. The summed E-state index contributed by atoms with van der Waals surface area (Å²) in [5.74, 6) is -0.0992. The van der Waals surface area contributed by atoms with Gasteiger partial charge in [0.15, 0.2) is 21.3 Å². The molecule has 3 aromatic heterocycles. The summed E-state index contributed by atoms with van der Waals surface area (Å²) in [6.45, 7) is 5.01. The van der Waals surface area contributed by atoms with E-state index in [1.807, 2.05) is 0 Å². The third-order valence-corrected chi connectivity index (χ3v) is 7.21. The zero-order chi connectivity index (χ0) is 24.6. The van der Waals surface area contributed by atoms with Gasteiger partial charge in [-0.1, -0.05) is 20.8 Å². The largest absolute Gasteiger partial charge is 0.471 e. The molecule has 8 nitrogen and oxygen atoms in total. The average molecular weight is 482 g/mol. The number of aryl methyl sites for hydroxylation is 1. The quantitative estimate of drug-likeness (QED) is 0.495. The van der Waals surface area contributed by atoms with Crippen LogP contribution >= 0.6 is 0 Å². The molecular formula is C21H22F3N5O3S. The van der Waals surface area contributed by atoms with Crippen LogP contribution in [0.1, 0.15) is 39.3 Å². The molecule has 0 unspecified atom stereocenters. The Balaban J connectivity index is 2.22. The highest BCUT2D eigenvalue weighted by Crippen LogP contribution is 2.34. The summed E-state index contributed by atoms with van der Waals surface area (Å²) in [4.78, 5) is 11.7. The third kappa shape index (κ3) is 4.50. The number of hydrogen-bond acceptors (Lipinski definition) is 7. The van der Waals surface area contributed by atoms with Crippen molar-refractivity contribution in [3.8, 4) is 23.3 Å². The minimum atomic E-state index is -4.65. The van der Waals surface area contributed by atoms with Crippen LogP contribution in [0.25, 0.3) is 22.6 Å². The molecule has 3 heterocycles. The second-order valence-corrected chi connectivity index (χ2v) is 9.63. The maximum Gasteiger partial charge on any atom is 0.433 e. The average Bonchev–Trinajstić information content (AvgIpc) is 3.12. The second kappa shape index (κ2) is 8.62. The first-order valence-corrected chi connectivity index (χ1v) is 11.8. The van der Waals surface area contributed by atoms with Gasteiger partial charge in [-0.3, -0.25) is 0 Å². The smallest absolute Gasteiger partial charge is 0.433 e. The predicted octanol–water partition coefficient (Wildman–Crippen LogP) is 4.30. The van der Waals surface area contributed by atoms with Crippen LogP contribution < -0.4 is 4.74 Å². The predicted molar refractivity (Wildman–Crippen MR) is 114 cm³/mol. The van der Waals surface area contributed by atoms with E-state index in [4.69, 9.17) is 4.74 Å². The Bertz CT molecular complexity index is 1340. The Morgan fingerprint density at radius 2 is 1.79 bits per heavy atom. The Morgan fingerprint density at radius 3 is 2.33 bits per heavy atom. The number of alkyl halides is 3. The van der Waals surface area contributed by atoms with E-state index < -0.39 is 27.3 Å². The third-order valence-electron chi connectivity index (χ3n) is 5.47. The fourth-order valence-electron chi connectivity index (χ4n) is 3.30. The van der Waals surface area contributed by atoms with E-state index in [0.29, 0.717) is 12.8 Å².